The van der Waals surface area contributed by atoms with Gasteiger partial charge in [0.1, 0.15) is 17.3 Å². The summed E-state index contributed by atoms with van der Waals surface area (Å²) in [6.45, 7) is 3.54. The number of aryl methyl sites for hydroxylation is 1. The lowest BCUT2D eigenvalue weighted by molar-refractivity contribution is 0.0981. The Labute approximate surface area is 229 Å². The van der Waals surface area contributed by atoms with Crippen LogP contribution < -0.4 is 15.5 Å². The van der Waals surface area contributed by atoms with E-state index in [0.29, 0.717) is 41.5 Å². The number of aromatic nitrogens is 1. The summed E-state index contributed by atoms with van der Waals surface area (Å²) in [5.41, 5.74) is 3.83. The van der Waals surface area contributed by atoms with Gasteiger partial charge in [0.05, 0.1) is 28.9 Å². The highest BCUT2D eigenvalue weighted by atomic mass is 32.1. The molecule has 2 N–H and O–H groups in total. The van der Waals surface area contributed by atoms with Gasteiger partial charge in [-0.3, -0.25) is 9.59 Å². The van der Waals surface area contributed by atoms with Crippen LogP contribution in [0.25, 0.3) is 10.4 Å². The maximum absolute atomic E-state index is 14.3. The molecule has 0 spiro atoms. The van der Waals surface area contributed by atoms with Crippen LogP contribution in [0.3, 0.4) is 0 Å². The number of pyridine rings is 1. The molecule has 1 saturated heterocycles. The van der Waals surface area contributed by atoms with Crippen LogP contribution in [-0.2, 0) is 11.2 Å². The summed E-state index contributed by atoms with van der Waals surface area (Å²) in [6.07, 6.45) is 1.47. The van der Waals surface area contributed by atoms with Gasteiger partial charge in [-0.15, -0.1) is 11.3 Å². The van der Waals surface area contributed by atoms with E-state index in [1.165, 1.54) is 17.4 Å². The number of halogens is 1. The number of nitrogens with one attached hydrogen (secondary N) is 2. The lowest BCUT2D eigenvalue weighted by atomic mass is 10.1. The number of thiophene rings is 1. The largest absolute Gasteiger partial charge is 0.379 e. The molecule has 0 unspecified atom stereocenters. The summed E-state index contributed by atoms with van der Waals surface area (Å²) < 4.78 is 19.8. The fraction of sp³-hybridized carbons (Fsp3) is 0.233. The first kappa shape index (κ1) is 25.2. The number of carbonyl (C=O) groups is 2. The molecule has 1 atom stereocenters. The second-order valence-corrected chi connectivity index (χ2v) is 10.7. The highest BCUT2D eigenvalue weighted by molar-refractivity contribution is 7.17. The number of hydrogen-bond acceptors (Lipinski definition) is 6. The van der Waals surface area contributed by atoms with Gasteiger partial charge in [-0.05, 0) is 61.2 Å². The zero-order valence-corrected chi connectivity index (χ0v) is 22.2. The van der Waals surface area contributed by atoms with Crippen LogP contribution in [-0.4, -0.2) is 42.6 Å². The molecule has 6 rings (SSSR count). The molecule has 9 heteroatoms. The van der Waals surface area contributed by atoms with Crippen molar-refractivity contribution < 1.29 is 18.7 Å². The summed E-state index contributed by atoms with van der Waals surface area (Å²) in [4.78, 5) is 34.6. The van der Waals surface area contributed by atoms with Crippen LogP contribution in [0.1, 0.15) is 37.7 Å². The predicted molar refractivity (Wildman–Crippen MR) is 151 cm³/mol. The average Bonchev–Trinajstić information content (AvgIpc) is 3.59. The molecule has 4 aromatic rings. The summed E-state index contributed by atoms with van der Waals surface area (Å²) in [5.74, 6) is -0.352. The molecule has 2 aromatic carbocycles. The number of fused-ring (bicyclic) bond motifs is 3. The van der Waals surface area contributed by atoms with Gasteiger partial charge in [-0.2, -0.15) is 0 Å². The van der Waals surface area contributed by atoms with Gasteiger partial charge < -0.3 is 20.3 Å². The van der Waals surface area contributed by atoms with Crippen LogP contribution in [0, 0.1) is 12.7 Å². The summed E-state index contributed by atoms with van der Waals surface area (Å²) in [7, 11) is 0. The van der Waals surface area contributed by atoms with E-state index >= 15 is 0 Å². The Balaban J connectivity index is 1.28. The fourth-order valence-corrected chi connectivity index (χ4v) is 6.15. The molecule has 198 valence electrons. The van der Waals surface area contributed by atoms with Gasteiger partial charge in [0, 0.05) is 23.6 Å². The monoisotopic (exact) mass is 542 g/mol. The van der Waals surface area contributed by atoms with Crippen molar-refractivity contribution in [3.63, 3.8) is 0 Å². The summed E-state index contributed by atoms with van der Waals surface area (Å²) in [5, 5.41) is 6.09. The minimum absolute atomic E-state index is 0.183. The Morgan fingerprint density at radius 1 is 1.10 bits per heavy atom. The maximum atomic E-state index is 14.3. The summed E-state index contributed by atoms with van der Waals surface area (Å²) in [6, 6.07) is 19.9. The number of rotatable bonds is 5. The molecular weight excluding hydrogens is 515 g/mol. The molecule has 7 nitrogen and oxygen atoms in total. The van der Waals surface area contributed by atoms with Gasteiger partial charge in [0.25, 0.3) is 11.8 Å². The van der Waals surface area contributed by atoms with E-state index in [1.807, 2.05) is 42.5 Å². The topological polar surface area (TPSA) is 83.6 Å². The van der Waals surface area contributed by atoms with E-state index in [4.69, 9.17) is 4.74 Å². The molecule has 4 heterocycles. The van der Waals surface area contributed by atoms with Crippen LogP contribution in [0.4, 0.5) is 21.6 Å². The van der Waals surface area contributed by atoms with Crippen molar-refractivity contribution in [3.05, 3.63) is 94.2 Å². The van der Waals surface area contributed by atoms with E-state index in [9.17, 15) is 14.0 Å². The van der Waals surface area contributed by atoms with Crippen molar-refractivity contribution in [2.75, 3.05) is 35.3 Å². The van der Waals surface area contributed by atoms with Crippen LogP contribution >= 0.6 is 11.3 Å². The number of ether oxygens (including phenoxy) is 1. The zero-order valence-electron chi connectivity index (χ0n) is 21.4. The minimum atomic E-state index is -0.467. The first-order valence-corrected chi connectivity index (χ1v) is 13.7. The van der Waals surface area contributed by atoms with Crippen molar-refractivity contribution in [1.29, 1.82) is 0 Å². The van der Waals surface area contributed by atoms with E-state index in [1.54, 1.807) is 30.0 Å². The van der Waals surface area contributed by atoms with Crippen molar-refractivity contribution in [2.45, 2.75) is 25.8 Å². The number of nitrogens with zero attached hydrogens (tertiary/aromatic N) is 2. The lowest BCUT2D eigenvalue weighted by Gasteiger charge is -2.23. The number of para-hydroxylation sites is 2. The smallest absolute Gasteiger partial charge is 0.276 e. The van der Waals surface area contributed by atoms with E-state index < -0.39 is 5.82 Å². The first-order chi connectivity index (χ1) is 19.0. The third kappa shape index (κ3) is 5.03. The number of amides is 2. The van der Waals surface area contributed by atoms with Crippen molar-refractivity contribution in [1.82, 2.24) is 4.98 Å². The van der Waals surface area contributed by atoms with Crippen molar-refractivity contribution in [3.8, 4) is 10.4 Å². The second-order valence-electron chi connectivity index (χ2n) is 9.69. The highest BCUT2D eigenvalue weighted by Gasteiger charge is 2.28. The number of anilines is 3. The molecule has 0 bridgehead atoms. The van der Waals surface area contributed by atoms with Gasteiger partial charge in [-0.1, -0.05) is 36.4 Å². The normalized spacial score (nSPS) is 16.3. The van der Waals surface area contributed by atoms with E-state index in [0.717, 1.165) is 34.7 Å². The average molecular weight is 543 g/mol. The molecule has 1 fully saturated rings. The van der Waals surface area contributed by atoms with Crippen LogP contribution in [0.15, 0.2) is 66.7 Å². The second kappa shape index (κ2) is 10.6. The Hall–Kier alpha value is -4.08. The molecule has 2 amide bonds. The molecule has 0 saturated carbocycles. The molecule has 2 aromatic heterocycles. The van der Waals surface area contributed by atoms with Crippen LogP contribution in [0.2, 0.25) is 0 Å². The fourth-order valence-electron chi connectivity index (χ4n) is 5.01. The maximum Gasteiger partial charge on any atom is 0.276 e. The number of hydrogen-bond donors (Lipinski definition) is 2. The third-order valence-corrected chi connectivity index (χ3v) is 8.24. The Morgan fingerprint density at radius 2 is 1.95 bits per heavy atom. The van der Waals surface area contributed by atoms with Crippen molar-refractivity contribution in [2.24, 2.45) is 0 Å². The number of benzene rings is 2. The highest BCUT2D eigenvalue weighted by Crippen LogP contribution is 2.42. The first-order valence-electron chi connectivity index (χ1n) is 12.9. The Morgan fingerprint density at radius 3 is 2.77 bits per heavy atom. The Bertz CT molecular complexity index is 1540. The van der Waals surface area contributed by atoms with Crippen molar-refractivity contribution >= 4 is 40.3 Å². The SMILES string of the molecule is Cc1cccc(F)c1NC(=O)c1cc2c(s1)-c1ccccc1N(C(=O)c1cccc(N[C@@H]3CCOC3)n1)CC2. The number of carbonyl (C=O) groups excluding carboxylic acids is 2. The van der Waals surface area contributed by atoms with E-state index in [2.05, 4.69) is 15.6 Å². The minimum Gasteiger partial charge on any atom is -0.379 e. The molecule has 0 aliphatic carbocycles. The van der Waals surface area contributed by atoms with Gasteiger partial charge in [0.15, 0.2) is 0 Å². The standard InChI is InChI=1S/C30H27FN4O3S/c1-18-6-4-8-22(31)27(18)34-29(36)25-16-19-12-14-35(24-10-3-2-7-21(24)28(19)39-25)30(37)23-9-5-11-26(33-23)32-20-13-15-38-17-20/h2-11,16,20H,12-15,17H2,1H3,(H,32,33)(H,34,36)/t20-/m1/s1. The van der Waals surface area contributed by atoms with Gasteiger partial charge in [-0.25, -0.2) is 9.37 Å². The molecule has 2 aliphatic rings. The molecular formula is C30H27FN4O3S. The lowest BCUT2D eigenvalue weighted by Crippen LogP contribution is -2.33. The quantitative estimate of drug-likeness (QED) is 0.327. The van der Waals surface area contributed by atoms with Gasteiger partial charge in [0.2, 0.25) is 0 Å². The van der Waals surface area contributed by atoms with Gasteiger partial charge >= 0.3 is 0 Å². The Kier molecular flexibility index (Phi) is 6.85. The molecule has 2 aliphatic heterocycles. The predicted octanol–water partition coefficient (Wildman–Crippen LogP) is 5.91. The van der Waals surface area contributed by atoms with E-state index in [-0.39, 0.29) is 23.5 Å². The van der Waals surface area contributed by atoms with Crippen LogP contribution in [0.5, 0.6) is 0 Å². The summed E-state index contributed by atoms with van der Waals surface area (Å²) >= 11 is 1.35. The molecule has 0 radical (unpaired) electrons. The molecule has 39 heavy (non-hydrogen) atoms. The third-order valence-electron chi connectivity index (χ3n) is 7.03. The zero-order chi connectivity index (χ0) is 26.9.